The molecule has 2 aromatic rings. The number of nitro benzene ring substituents is 1. The average Bonchev–Trinajstić information content (AvgIpc) is 3.09. The van der Waals surface area contributed by atoms with E-state index >= 15 is 0 Å². The van der Waals surface area contributed by atoms with Crippen LogP contribution in [0.1, 0.15) is 16.7 Å². The zero-order valence-electron chi connectivity index (χ0n) is 14.7. The molecule has 27 heavy (non-hydrogen) atoms. The van der Waals surface area contributed by atoms with Crippen molar-refractivity contribution < 1.29 is 23.9 Å². The first-order valence-electron chi connectivity index (χ1n) is 8.04. The van der Waals surface area contributed by atoms with E-state index in [1.165, 1.54) is 18.3 Å². The molecule has 0 saturated heterocycles. The monoisotopic (exact) mass is 371 g/mol. The largest absolute Gasteiger partial charge is 0.484 e. The first kappa shape index (κ1) is 18.2. The lowest BCUT2D eigenvalue weighted by atomic mass is 10.1. The summed E-state index contributed by atoms with van der Waals surface area (Å²) in [5.41, 5.74) is 4.43. The molecule has 9 heteroatoms. The van der Waals surface area contributed by atoms with Gasteiger partial charge in [0.25, 0.3) is 11.6 Å². The van der Waals surface area contributed by atoms with Crippen LogP contribution in [0.15, 0.2) is 35.4 Å². The molecular weight excluding hydrogens is 354 g/mol. The summed E-state index contributed by atoms with van der Waals surface area (Å²) in [7, 11) is 0. The maximum absolute atomic E-state index is 11.8. The number of ether oxygens (including phenoxy) is 3. The molecule has 0 saturated carbocycles. The van der Waals surface area contributed by atoms with Crippen molar-refractivity contribution in [3.05, 3.63) is 57.1 Å². The fourth-order valence-corrected chi connectivity index (χ4v) is 2.37. The van der Waals surface area contributed by atoms with Gasteiger partial charge in [-0.3, -0.25) is 14.9 Å². The molecule has 1 aliphatic heterocycles. The second-order valence-electron chi connectivity index (χ2n) is 5.85. The summed E-state index contributed by atoms with van der Waals surface area (Å²) in [5, 5.41) is 14.9. The highest BCUT2D eigenvalue weighted by Crippen LogP contribution is 2.37. The van der Waals surface area contributed by atoms with Crippen molar-refractivity contribution in [2.45, 2.75) is 13.8 Å². The van der Waals surface area contributed by atoms with Crippen LogP contribution in [0.4, 0.5) is 5.69 Å². The topological polar surface area (TPSA) is 112 Å². The summed E-state index contributed by atoms with van der Waals surface area (Å²) in [5.74, 6) is 0.757. The van der Waals surface area contributed by atoms with Gasteiger partial charge < -0.3 is 14.2 Å². The normalized spacial score (nSPS) is 12.2. The Labute approximate surface area is 154 Å². The molecule has 1 N–H and O–H groups in total. The number of rotatable bonds is 6. The van der Waals surface area contributed by atoms with E-state index in [1.54, 1.807) is 6.07 Å². The summed E-state index contributed by atoms with van der Waals surface area (Å²) < 4.78 is 15.7. The Morgan fingerprint density at radius 2 is 2.00 bits per heavy atom. The quantitative estimate of drug-likeness (QED) is 0.474. The number of aryl methyl sites for hydroxylation is 2. The third-order valence-corrected chi connectivity index (χ3v) is 3.96. The lowest BCUT2D eigenvalue weighted by Gasteiger charge is -2.07. The van der Waals surface area contributed by atoms with Crippen molar-refractivity contribution in [1.29, 1.82) is 0 Å². The summed E-state index contributed by atoms with van der Waals surface area (Å²) in [4.78, 5) is 22.4. The van der Waals surface area contributed by atoms with Crippen LogP contribution in [0.5, 0.6) is 17.2 Å². The molecule has 0 fully saturated rings. The van der Waals surface area contributed by atoms with Crippen molar-refractivity contribution in [2.75, 3.05) is 13.4 Å². The van der Waals surface area contributed by atoms with Gasteiger partial charge in [0.2, 0.25) is 6.79 Å². The van der Waals surface area contributed by atoms with Crippen molar-refractivity contribution >= 4 is 17.8 Å². The fourth-order valence-electron chi connectivity index (χ4n) is 2.37. The Balaban J connectivity index is 1.60. The zero-order chi connectivity index (χ0) is 19.4. The molecule has 0 radical (unpaired) electrons. The van der Waals surface area contributed by atoms with E-state index in [0.29, 0.717) is 17.2 Å². The van der Waals surface area contributed by atoms with Gasteiger partial charge in [0.15, 0.2) is 18.1 Å². The molecular formula is C18H17N3O6. The lowest BCUT2D eigenvalue weighted by Crippen LogP contribution is -2.24. The summed E-state index contributed by atoms with van der Waals surface area (Å²) in [6.45, 7) is 3.70. The Morgan fingerprint density at radius 1 is 1.26 bits per heavy atom. The minimum atomic E-state index is -0.562. The lowest BCUT2D eigenvalue weighted by molar-refractivity contribution is -0.385. The minimum Gasteiger partial charge on any atom is -0.484 e. The standard InChI is InChI=1S/C18H17N3O6/c1-11-3-4-14(5-12(11)2)25-9-18(22)20-19-8-13-6-16-17(27-10-26-16)7-15(13)21(23)24/h3-8H,9-10H2,1-2H3,(H,20,22). The summed E-state index contributed by atoms with van der Waals surface area (Å²) in [6, 6.07) is 8.20. The van der Waals surface area contributed by atoms with Crippen LogP contribution in [-0.4, -0.2) is 30.4 Å². The first-order chi connectivity index (χ1) is 12.9. The second kappa shape index (κ2) is 7.73. The van der Waals surface area contributed by atoms with Gasteiger partial charge in [0, 0.05) is 0 Å². The number of nitro groups is 1. The van der Waals surface area contributed by atoms with Crippen LogP contribution in [0.3, 0.4) is 0 Å². The number of hydrogen-bond donors (Lipinski definition) is 1. The van der Waals surface area contributed by atoms with Crippen LogP contribution in [0.2, 0.25) is 0 Å². The third-order valence-electron chi connectivity index (χ3n) is 3.96. The number of carbonyl (C=O) groups excluding carboxylic acids is 1. The van der Waals surface area contributed by atoms with Gasteiger partial charge >= 0.3 is 0 Å². The van der Waals surface area contributed by atoms with Crippen LogP contribution < -0.4 is 19.6 Å². The Morgan fingerprint density at radius 3 is 2.70 bits per heavy atom. The Kier molecular flexibility index (Phi) is 5.20. The molecule has 2 aromatic carbocycles. The predicted molar refractivity (Wildman–Crippen MR) is 96.4 cm³/mol. The number of nitrogens with one attached hydrogen (secondary N) is 1. The molecule has 1 aliphatic rings. The molecule has 0 bridgehead atoms. The number of hydrazone groups is 1. The van der Waals surface area contributed by atoms with Crippen molar-refractivity contribution in [2.24, 2.45) is 5.10 Å². The average molecular weight is 371 g/mol. The fraction of sp³-hybridized carbons (Fsp3) is 0.222. The number of carbonyl (C=O) groups is 1. The number of hydrogen-bond acceptors (Lipinski definition) is 7. The van der Waals surface area contributed by atoms with Crippen molar-refractivity contribution in [3.8, 4) is 17.2 Å². The number of nitrogens with zero attached hydrogens (tertiary/aromatic N) is 2. The molecule has 9 nitrogen and oxygen atoms in total. The maximum Gasteiger partial charge on any atom is 0.282 e. The third kappa shape index (κ3) is 4.32. The van der Waals surface area contributed by atoms with E-state index in [0.717, 1.165) is 11.1 Å². The van der Waals surface area contributed by atoms with E-state index in [2.05, 4.69) is 10.5 Å². The molecule has 1 heterocycles. The zero-order valence-corrected chi connectivity index (χ0v) is 14.7. The molecule has 3 rings (SSSR count). The minimum absolute atomic E-state index is 0.000354. The van der Waals surface area contributed by atoms with E-state index in [-0.39, 0.29) is 24.7 Å². The Hall–Kier alpha value is -3.62. The highest BCUT2D eigenvalue weighted by molar-refractivity contribution is 5.88. The van der Waals surface area contributed by atoms with Crippen molar-refractivity contribution in [1.82, 2.24) is 5.43 Å². The van der Waals surface area contributed by atoms with E-state index in [4.69, 9.17) is 14.2 Å². The molecule has 0 aromatic heterocycles. The van der Waals surface area contributed by atoms with Crippen LogP contribution in [-0.2, 0) is 4.79 Å². The molecule has 0 unspecified atom stereocenters. The van der Waals surface area contributed by atoms with Crippen LogP contribution in [0, 0.1) is 24.0 Å². The summed E-state index contributed by atoms with van der Waals surface area (Å²) in [6.07, 6.45) is 1.17. The van der Waals surface area contributed by atoms with Gasteiger partial charge in [0.05, 0.1) is 22.8 Å². The van der Waals surface area contributed by atoms with Crippen molar-refractivity contribution in [3.63, 3.8) is 0 Å². The van der Waals surface area contributed by atoms with E-state index in [1.807, 2.05) is 26.0 Å². The second-order valence-corrected chi connectivity index (χ2v) is 5.85. The number of amides is 1. The van der Waals surface area contributed by atoms with Gasteiger partial charge in [-0.05, 0) is 43.2 Å². The number of benzene rings is 2. The first-order valence-corrected chi connectivity index (χ1v) is 8.04. The molecule has 140 valence electrons. The van der Waals surface area contributed by atoms with Gasteiger partial charge in [0.1, 0.15) is 5.75 Å². The van der Waals surface area contributed by atoms with Gasteiger partial charge in [-0.25, -0.2) is 5.43 Å². The Bertz CT molecular complexity index is 926. The smallest absolute Gasteiger partial charge is 0.282 e. The highest BCUT2D eigenvalue weighted by atomic mass is 16.7. The molecule has 0 aliphatic carbocycles. The summed E-state index contributed by atoms with van der Waals surface area (Å²) >= 11 is 0. The predicted octanol–water partition coefficient (Wildman–Crippen LogP) is 2.47. The molecule has 0 atom stereocenters. The molecule has 1 amide bonds. The van der Waals surface area contributed by atoms with Gasteiger partial charge in [-0.15, -0.1) is 0 Å². The van der Waals surface area contributed by atoms with E-state index in [9.17, 15) is 14.9 Å². The maximum atomic E-state index is 11.8. The van der Waals surface area contributed by atoms with Crippen LogP contribution >= 0.6 is 0 Å². The van der Waals surface area contributed by atoms with Crippen LogP contribution in [0.25, 0.3) is 0 Å². The SMILES string of the molecule is Cc1ccc(OCC(=O)NN=Cc2cc3c(cc2[N+](=O)[O-])OCO3)cc1C. The number of fused-ring (bicyclic) bond motifs is 1. The highest BCUT2D eigenvalue weighted by Gasteiger charge is 2.22. The van der Waals surface area contributed by atoms with E-state index < -0.39 is 10.8 Å². The van der Waals surface area contributed by atoms with Gasteiger partial charge in [-0.2, -0.15) is 5.10 Å². The molecule has 0 spiro atoms. The van der Waals surface area contributed by atoms with Gasteiger partial charge in [-0.1, -0.05) is 6.07 Å².